The van der Waals surface area contributed by atoms with Gasteiger partial charge in [-0.15, -0.1) is 5.10 Å². The third-order valence-corrected chi connectivity index (χ3v) is 6.25. The molecule has 1 saturated carbocycles. The van der Waals surface area contributed by atoms with E-state index in [-0.39, 0.29) is 18.7 Å². The average Bonchev–Trinajstić information content (AvgIpc) is 3.51. The Bertz CT molecular complexity index is 1090. The van der Waals surface area contributed by atoms with Gasteiger partial charge in [0.1, 0.15) is 6.29 Å². The second kappa shape index (κ2) is 9.22. The van der Waals surface area contributed by atoms with Crippen molar-refractivity contribution in [2.45, 2.75) is 72.1 Å². The first kappa shape index (κ1) is 22.2. The van der Waals surface area contributed by atoms with Gasteiger partial charge in [-0.05, 0) is 39.2 Å². The molecule has 0 aromatic carbocycles. The molecule has 3 aromatic heterocycles. The van der Waals surface area contributed by atoms with Crippen LogP contribution in [0.4, 0.5) is 0 Å². The summed E-state index contributed by atoms with van der Waals surface area (Å²) in [7, 11) is 0. The van der Waals surface area contributed by atoms with Crippen molar-refractivity contribution >= 4 is 23.3 Å². The van der Waals surface area contributed by atoms with E-state index in [1.54, 1.807) is 10.8 Å². The maximum Gasteiger partial charge on any atom is 0.312 e. The first-order valence-corrected chi connectivity index (χ1v) is 11.3. The zero-order valence-corrected chi connectivity index (χ0v) is 19.0. The Morgan fingerprint density at radius 1 is 1.28 bits per heavy atom. The highest BCUT2D eigenvalue weighted by molar-refractivity contribution is 5.92. The summed E-state index contributed by atoms with van der Waals surface area (Å²) in [6.45, 7) is 5.55. The number of esters is 1. The van der Waals surface area contributed by atoms with Gasteiger partial charge in [-0.1, -0.05) is 25.7 Å². The minimum atomic E-state index is -0.565. The Balaban J connectivity index is 1.56. The predicted octanol–water partition coefficient (Wildman–Crippen LogP) is 4.55. The van der Waals surface area contributed by atoms with Crippen LogP contribution in [0.5, 0.6) is 0 Å². The van der Waals surface area contributed by atoms with Crippen molar-refractivity contribution in [2.75, 3.05) is 0 Å². The number of aromatic nitrogens is 5. The predicted molar refractivity (Wildman–Crippen MR) is 121 cm³/mol. The van der Waals surface area contributed by atoms with Gasteiger partial charge in [0, 0.05) is 35.3 Å². The molecule has 8 heteroatoms. The van der Waals surface area contributed by atoms with E-state index >= 15 is 0 Å². The van der Waals surface area contributed by atoms with Crippen molar-refractivity contribution in [3.05, 3.63) is 30.9 Å². The fourth-order valence-electron chi connectivity index (χ4n) is 4.41. The number of rotatable bonds is 8. The Labute approximate surface area is 188 Å². The van der Waals surface area contributed by atoms with Gasteiger partial charge in [0.05, 0.1) is 23.9 Å². The van der Waals surface area contributed by atoms with Gasteiger partial charge in [0.25, 0.3) is 0 Å². The quantitative estimate of drug-likeness (QED) is 0.379. The molecule has 32 heavy (non-hydrogen) atoms. The number of fused-ring (bicyclic) bond motifs is 1. The third-order valence-electron chi connectivity index (χ3n) is 6.25. The summed E-state index contributed by atoms with van der Waals surface area (Å²) in [4.78, 5) is 23.4. The number of nitrogens with zero attached hydrogens (tertiary/aromatic N) is 5. The molecule has 3 heterocycles. The zero-order chi connectivity index (χ0) is 22.7. The van der Waals surface area contributed by atoms with Crippen molar-refractivity contribution in [1.29, 1.82) is 0 Å². The van der Waals surface area contributed by atoms with Crippen LogP contribution in [0.1, 0.15) is 65.3 Å². The van der Waals surface area contributed by atoms with Crippen LogP contribution < -0.4 is 0 Å². The summed E-state index contributed by atoms with van der Waals surface area (Å²) in [5.74, 6) is 0.403. The van der Waals surface area contributed by atoms with Crippen LogP contribution in [-0.2, 0) is 21.1 Å². The maximum absolute atomic E-state index is 12.1. The topological polar surface area (TPSA) is 91.9 Å². The Hall–Kier alpha value is -3.03. The first-order chi connectivity index (χ1) is 15.4. The molecule has 1 aliphatic rings. The second-order valence-corrected chi connectivity index (χ2v) is 9.74. The molecule has 0 amide bonds. The summed E-state index contributed by atoms with van der Waals surface area (Å²) in [5, 5.41) is 13.9. The summed E-state index contributed by atoms with van der Waals surface area (Å²) in [6.07, 6.45) is 14.9. The lowest BCUT2D eigenvalue weighted by atomic mass is 9.97. The van der Waals surface area contributed by atoms with Crippen LogP contribution in [-0.4, -0.2) is 36.8 Å². The fraction of sp³-hybridized carbons (Fsp3) is 0.542. The maximum atomic E-state index is 12.1. The summed E-state index contributed by atoms with van der Waals surface area (Å²) < 4.78 is 9.14. The first-order valence-electron chi connectivity index (χ1n) is 11.3. The van der Waals surface area contributed by atoms with Gasteiger partial charge >= 0.3 is 5.97 Å². The summed E-state index contributed by atoms with van der Waals surface area (Å²) >= 11 is 0. The van der Waals surface area contributed by atoms with Crippen LogP contribution in [0, 0.1) is 11.3 Å². The van der Waals surface area contributed by atoms with Crippen molar-refractivity contribution in [1.82, 2.24) is 24.5 Å². The van der Waals surface area contributed by atoms with Gasteiger partial charge in [0.2, 0.25) is 0 Å². The normalized spacial score (nSPS) is 15.8. The van der Waals surface area contributed by atoms with E-state index in [1.165, 1.54) is 25.7 Å². The molecular weight excluding hydrogens is 406 g/mol. The van der Waals surface area contributed by atoms with E-state index < -0.39 is 5.41 Å². The lowest BCUT2D eigenvalue weighted by Gasteiger charge is -2.19. The largest absolute Gasteiger partial charge is 0.443 e. The molecule has 1 aliphatic carbocycles. The second-order valence-electron chi connectivity index (χ2n) is 9.74. The number of aldehydes is 1. The smallest absolute Gasteiger partial charge is 0.312 e. The van der Waals surface area contributed by atoms with Crippen LogP contribution in [0.2, 0.25) is 0 Å². The Morgan fingerprint density at radius 3 is 2.78 bits per heavy atom. The van der Waals surface area contributed by atoms with Crippen LogP contribution in [0.25, 0.3) is 22.2 Å². The van der Waals surface area contributed by atoms with Crippen molar-refractivity contribution in [3.8, 4) is 11.1 Å². The number of carbonyl (C=O) groups is 2. The van der Waals surface area contributed by atoms with Crippen molar-refractivity contribution in [3.63, 3.8) is 0 Å². The molecule has 0 spiro atoms. The molecule has 0 aliphatic heterocycles. The molecule has 0 N–H and O–H groups in total. The monoisotopic (exact) mass is 437 g/mol. The molecular formula is C24H31N5O3. The Morgan fingerprint density at radius 2 is 2.06 bits per heavy atom. The molecule has 8 nitrogen and oxygen atoms in total. The molecule has 0 bridgehead atoms. The molecule has 0 saturated heterocycles. The molecule has 170 valence electrons. The van der Waals surface area contributed by atoms with Gasteiger partial charge in [-0.3, -0.25) is 14.0 Å². The lowest BCUT2D eigenvalue weighted by Crippen LogP contribution is -2.23. The number of ether oxygens (including phenoxy) is 1. The highest BCUT2D eigenvalue weighted by atomic mass is 16.5. The van der Waals surface area contributed by atoms with E-state index in [0.29, 0.717) is 18.0 Å². The zero-order valence-electron chi connectivity index (χ0n) is 19.0. The SMILES string of the molecule is CC(C)(C)C(=O)OCn1ccc2c(-c3cnn(C(CC=O)CC4CCCC4)c3)cnnc21. The molecule has 1 unspecified atom stereocenters. The van der Waals surface area contributed by atoms with E-state index in [2.05, 4.69) is 15.3 Å². The Kier molecular flexibility index (Phi) is 6.39. The highest BCUT2D eigenvalue weighted by Crippen LogP contribution is 2.34. The fourth-order valence-corrected chi connectivity index (χ4v) is 4.41. The van der Waals surface area contributed by atoms with E-state index in [9.17, 15) is 9.59 Å². The van der Waals surface area contributed by atoms with Crippen molar-refractivity contribution in [2.24, 2.45) is 11.3 Å². The number of hydrogen-bond donors (Lipinski definition) is 0. The van der Waals surface area contributed by atoms with Crippen LogP contribution >= 0.6 is 0 Å². The molecule has 1 fully saturated rings. The van der Waals surface area contributed by atoms with E-state index in [0.717, 1.165) is 29.2 Å². The van der Waals surface area contributed by atoms with Gasteiger partial charge < -0.3 is 9.53 Å². The van der Waals surface area contributed by atoms with E-state index in [4.69, 9.17) is 4.74 Å². The highest BCUT2D eigenvalue weighted by Gasteiger charge is 2.24. The third kappa shape index (κ3) is 4.74. The summed E-state index contributed by atoms with van der Waals surface area (Å²) in [6, 6.07) is 2.03. The average molecular weight is 438 g/mol. The number of hydrogen-bond acceptors (Lipinski definition) is 6. The minimum Gasteiger partial charge on any atom is -0.443 e. The van der Waals surface area contributed by atoms with Crippen LogP contribution in [0.15, 0.2) is 30.9 Å². The molecule has 0 radical (unpaired) electrons. The van der Waals surface area contributed by atoms with Gasteiger partial charge in [-0.25, -0.2) is 0 Å². The van der Waals surface area contributed by atoms with Crippen molar-refractivity contribution < 1.29 is 14.3 Å². The summed E-state index contributed by atoms with van der Waals surface area (Å²) in [5.41, 5.74) is 1.92. The van der Waals surface area contributed by atoms with Crippen LogP contribution in [0.3, 0.4) is 0 Å². The number of carbonyl (C=O) groups excluding carboxylic acids is 2. The standard InChI is InChI=1S/C24H31N5O3/c1-24(2,3)23(31)32-16-28-10-8-20-21(14-25-27-22(20)28)18-13-26-29(15-18)19(9-11-30)12-17-6-4-5-7-17/h8,10-11,13-15,17,19H,4-7,9,12,16H2,1-3H3. The molecule has 4 rings (SSSR count). The van der Waals surface area contributed by atoms with Gasteiger partial charge in [-0.2, -0.15) is 10.2 Å². The minimum absolute atomic E-state index is 0.0797. The molecule has 3 aromatic rings. The molecule has 1 atom stereocenters. The van der Waals surface area contributed by atoms with Gasteiger partial charge in [0.15, 0.2) is 12.4 Å². The lowest BCUT2D eigenvalue weighted by molar-refractivity contribution is -0.156. The van der Waals surface area contributed by atoms with E-state index in [1.807, 2.05) is 50.1 Å².